The highest BCUT2D eigenvalue weighted by Crippen LogP contribution is 2.21. The molecule has 1 heterocycles. The Morgan fingerprint density at radius 3 is 2.50 bits per heavy atom. The van der Waals surface area contributed by atoms with E-state index in [0.717, 1.165) is 30.5 Å². The first kappa shape index (κ1) is 18.6. The second-order valence-electron chi connectivity index (χ2n) is 5.96. The molecule has 1 aromatic carbocycles. The molecule has 0 fully saturated rings. The van der Waals surface area contributed by atoms with Crippen molar-refractivity contribution in [2.75, 3.05) is 6.54 Å². The van der Waals surface area contributed by atoms with Gasteiger partial charge in [0.2, 0.25) is 10.0 Å². The molecule has 0 saturated heterocycles. The van der Waals surface area contributed by atoms with Crippen LogP contribution in [0.1, 0.15) is 43.5 Å². The number of hydrogen-bond donors (Lipinski definition) is 0. The molecule has 24 heavy (non-hydrogen) atoms. The number of aryl methyl sites for hydroxylation is 2. The van der Waals surface area contributed by atoms with Crippen molar-refractivity contribution in [3.63, 3.8) is 0 Å². The molecular weight excluding hydrogens is 320 g/mol. The molecule has 5 heteroatoms. The van der Waals surface area contributed by atoms with Gasteiger partial charge < -0.3 is 0 Å². The van der Waals surface area contributed by atoms with Crippen molar-refractivity contribution in [3.05, 3.63) is 59.4 Å². The van der Waals surface area contributed by atoms with Crippen LogP contribution in [0.15, 0.2) is 47.5 Å². The van der Waals surface area contributed by atoms with E-state index >= 15 is 0 Å². The third-order valence-electron chi connectivity index (χ3n) is 4.16. The first-order valence-electron chi connectivity index (χ1n) is 8.48. The van der Waals surface area contributed by atoms with Crippen LogP contribution in [0.25, 0.3) is 0 Å². The average Bonchev–Trinajstić information content (AvgIpc) is 2.59. The van der Waals surface area contributed by atoms with E-state index in [4.69, 9.17) is 0 Å². The minimum absolute atomic E-state index is 0.303. The van der Waals surface area contributed by atoms with Crippen molar-refractivity contribution < 1.29 is 8.42 Å². The summed E-state index contributed by atoms with van der Waals surface area (Å²) >= 11 is 0. The summed E-state index contributed by atoms with van der Waals surface area (Å²) in [6.45, 7) is 6.91. The number of hydrogen-bond acceptors (Lipinski definition) is 3. The van der Waals surface area contributed by atoms with Gasteiger partial charge >= 0.3 is 0 Å². The van der Waals surface area contributed by atoms with Crippen LogP contribution in [0.2, 0.25) is 0 Å². The summed E-state index contributed by atoms with van der Waals surface area (Å²) in [6.07, 6.45) is 4.37. The van der Waals surface area contributed by atoms with Crippen LogP contribution < -0.4 is 0 Å². The lowest BCUT2D eigenvalue weighted by Crippen LogP contribution is -2.32. The van der Waals surface area contributed by atoms with E-state index in [1.54, 1.807) is 22.6 Å². The number of aromatic nitrogens is 1. The highest BCUT2D eigenvalue weighted by atomic mass is 32.2. The van der Waals surface area contributed by atoms with E-state index in [1.807, 2.05) is 31.2 Å². The first-order chi connectivity index (χ1) is 11.5. The smallest absolute Gasteiger partial charge is 0.243 e. The Kier molecular flexibility index (Phi) is 6.52. The van der Waals surface area contributed by atoms with Crippen molar-refractivity contribution in [2.24, 2.45) is 0 Å². The van der Waals surface area contributed by atoms with Gasteiger partial charge in [0, 0.05) is 12.7 Å². The van der Waals surface area contributed by atoms with Crippen molar-refractivity contribution in [1.29, 1.82) is 0 Å². The van der Waals surface area contributed by atoms with Gasteiger partial charge in [-0.1, -0.05) is 32.4 Å². The normalized spacial score (nSPS) is 11.8. The van der Waals surface area contributed by atoms with Gasteiger partial charge in [0.05, 0.1) is 17.1 Å². The van der Waals surface area contributed by atoms with E-state index < -0.39 is 10.0 Å². The number of benzene rings is 1. The predicted octanol–water partition coefficient (Wildman–Crippen LogP) is 3.94. The maximum Gasteiger partial charge on any atom is 0.243 e. The highest BCUT2D eigenvalue weighted by Gasteiger charge is 2.25. The average molecular weight is 346 g/mol. The second-order valence-corrected chi connectivity index (χ2v) is 7.89. The molecule has 0 spiro atoms. The summed E-state index contributed by atoms with van der Waals surface area (Å²) < 4.78 is 27.7. The zero-order valence-electron chi connectivity index (χ0n) is 14.7. The molecule has 0 atom stereocenters. The third-order valence-corrected chi connectivity index (χ3v) is 6.00. The van der Waals surface area contributed by atoms with Gasteiger partial charge in [-0.2, -0.15) is 4.31 Å². The van der Waals surface area contributed by atoms with Crippen molar-refractivity contribution in [3.8, 4) is 0 Å². The maximum atomic E-state index is 13.1. The number of rotatable bonds is 8. The molecule has 0 unspecified atom stereocenters. The van der Waals surface area contributed by atoms with Crippen molar-refractivity contribution in [2.45, 2.75) is 51.5 Å². The first-order valence-corrected chi connectivity index (χ1v) is 9.92. The topological polar surface area (TPSA) is 50.3 Å². The Hall–Kier alpha value is -1.72. The molecule has 2 rings (SSSR count). The summed E-state index contributed by atoms with van der Waals surface area (Å²) in [6, 6.07) is 11.0. The number of unbranched alkanes of at least 4 members (excludes halogenated alkanes) is 1. The molecule has 4 nitrogen and oxygen atoms in total. The standard InChI is InChI=1S/C19H26N2O2S/c1-4-6-13-21(15-18-9-7-8-12-20-18)24(22,23)19-11-10-17(5-2)16(3)14-19/h7-12,14H,4-6,13,15H2,1-3H3. The minimum atomic E-state index is -3.53. The fraction of sp³-hybridized carbons (Fsp3) is 0.421. The van der Waals surface area contributed by atoms with Crippen LogP contribution in [-0.4, -0.2) is 24.3 Å². The van der Waals surface area contributed by atoms with E-state index in [1.165, 1.54) is 5.56 Å². The molecule has 0 aliphatic heterocycles. The van der Waals surface area contributed by atoms with Crippen LogP contribution in [0.4, 0.5) is 0 Å². The Morgan fingerprint density at radius 2 is 1.92 bits per heavy atom. The fourth-order valence-electron chi connectivity index (χ4n) is 2.67. The summed E-state index contributed by atoms with van der Waals surface area (Å²) in [5, 5.41) is 0. The molecule has 0 radical (unpaired) electrons. The molecule has 130 valence electrons. The number of sulfonamides is 1. The predicted molar refractivity (Wildman–Crippen MR) is 97.3 cm³/mol. The minimum Gasteiger partial charge on any atom is -0.260 e. The quantitative estimate of drug-likeness (QED) is 0.727. The molecule has 2 aromatic rings. The molecule has 0 N–H and O–H groups in total. The summed E-state index contributed by atoms with van der Waals surface area (Å²) in [7, 11) is -3.53. The number of nitrogens with zero attached hydrogens (tertiary/aromatic N) is 2. The van der Waals surface area contributed by atoms with Crippen molar-refractivity contribution in [1.82, 2.24) is 9.29 Å². The van der Waals surface area contributed by atoms with E-state index in [2.05, 4.69) is 18.8 Å². The van der Waals surface area contributed by atoms with Crippen LogP contribution in [-0.2, 0) is 23.0 Å². The van der Waals surface area contributed by atoms with E-state index in [9.17, 15) is 8.42 Å². The zero-order valence-corrected chi connectivity index (χ0v) is 15.5. The van der Waals surface area contributed by atoms with Gasteiger partial charge in [0.15, 0.2) is 0 Å². The highest BCUT2D eigenvalue weighted by molar-refractivity contribution is 7.89. The van der Waals surface area contributed by atoms with Gasteiger partial charge in [-0.15, -0.1) is 0 Å². The van der Waals surface area contributed by atoms with Gasteiger partial charge in [-0.25, -0.2) is 8.42 Å². The lowest BCUT2D eigenvalue weighted by molar-refractivity contribution is 0.394. The van der Waals surface area contributed by atoms with Gasteiger partial charge in [0.1, 0.15) is 0 Å². The number of pyridine rings is 1. The molecule has 1 aromatic heterocycles. The lowest BCUT2D eigenvalue weighted by atomic mass is 10.1. The summed E-state index contributed by atoms with van der Waals surface area (Å²) in [5.74, 6) is 0. The Labute approximate surface area is 145 Å². The van der Waals surface area contributed by atoms with E-state index in [-0.39, 0.29) is 0 Å². The fourth-order valence-corrected chi connectivity index (χ4v) is 4.20. The molecule has 0 aliphatic carbocycles. The SMILES string of the molecule is CCCCN(Cc1ccccn1)S(=O)(=O)c1ccc(CC)c(C)c1. The molecule has 0 saturated carbocycles. The molecule has 0 bridgehead atoms. The van der Waals surface area contributed by atoms with Gasteiger partial charge in [-0.3, -0.25) is 4.98 Å². The summed E-state index contributed by atoms with van der Waals surface area (Å²) in [5.41, 5.74) is 2.96. The molecule has 0 amide bonds. The maximum absolute atomic E-state index is 13.1. The lowest BCUT2D eigenvalue weighted by Gasteiger charge is -2.22. The van der Waals surface area contributed by atoms with Gasteiger partial charge in [-0.05, 0) is 55.2 Å². The summed E-state index contributed by atoms with van der Waals surface area (Å²) in [4.78, 5) is 4.64. The van der Waals surface area contributed by atoms with Crippen LogP contribution in [0, 0.1) is 6.92 Å². The van der Waals surface area contributed by atoms with Crippen molar-refractivity contribution >= 4 is 10.0 Å². The largest absolute Gasteiger partial charge is 0.260 e. The third kappa shape index (κ3) is 4.42. The molecule has 0 aliphatic rings. The Bertz CT molecular complexity index is 758. The monoisotopic (exact) mass is 346 g/mol. The van der Waals surface area contributed by atoms with Crippen LogP contribution in [0.5, 0.6) is 0 Å². The van der Waals surface area contributed by atoms with E-state index in [0.29, 0.717) is 18.0 Å². The Morgan fingerprint density at radius 1 is 1.12 bits per heavy atom. The van der Waals surface area contributed by atoms with Crippen LogP contribution in [0.3, 0.4) is 0 Å². The molecular formula is C19H26N2O2S. The van der Waals surface area contributed by atoms with Crippen LogP contribution >= 0.6 is 0 Å². The zero-order chi connectivity index (χ0) is 17.6. The van der Waals surface area contributed by atoms with Gasteiger partial charge in [0.25, 0.3) is 0 Å². The Balaban J connectivity index is 2.34. The second kappa shape index (κ2) is 8.40.